The van der Waals surface area contributed by atoms with Crippen molar-refractivity contribution >= 4 is 35.2 Å². The first-order chi connectivity index (χ1) is 11.2. The van der Waals surface area contributed by atoms with E-state index in [-0.39, 0.29) is 0 Å². The molecule has 0 aliphatic carbocycles. The number of rotatable bonds is 4. The summed E-state index contributed by atoms with van der Waals surface area (Å²) in [6.45, 7) is 0. The second-order valence-electron chi connectivity index (χ2n) is 4.62. The van der Waals surface area contributed by atoms with Gasteiger partial charge in [-0.15, -0.1) is 0 Å². The molecule has 1 aliphatic rings. The molecule has 2 aromatic heterocycles. The summed E-state index contributed by atoms with van der Waals surface area (Å²) in [5.41, 5.74) is 1.75. The Hall–Kier alpha value is -2.71. The number of imidazole rings is 1. The fourth-order valence-corrected chi connectivity index (χ4v) is 2.33. The Morgan fingerprint density at radius 3 is 2.96 bits per heavy atom. The Labute approximate surface area is 136 Å². The van der Waals surface area contributed by atoms with Crippen molar-refractivity contribution in [1.82, 2.24) is 14.5 Å². The molecular weight excluding hydrogens is 320 g/mol. The van der Waals surface area contributed by atoms with Gasteiger partial charge in [-0.05, 0) is 11.6 Å². The number of ether oxygens (including phenoxy) is 2. The molecule has 0 bridgehead atoms. The number of aliphatic imine (C=N–C) groups is 1. The number of hydrogen-bond acceptors (Lipinski definition) is 6. The van der Waals surface area contributed by atoms with Crippen molar-refractivity contribution in [2.75, 3.05) is 7.11 Å². The predicted octanol–water partition coefficient (Wildman–Crippen LogP) is 0.989. The molecule has 0 radical (unpaired) electrons. The van der Waals surface area contributed by atoms with Crippen molar-refractivity contribution in [3.05, 3.63) is 35.3 Å². The summed E-state index contributed by atoms with van der Waals surface area (Å²) in [5.74, 6) is 1.13. The molecule has 0 atom stereocenters. The van der Waals surface area contributed by atoms with Crippen LogP contribution in [0.1, 0.15) is 0 Å². The first kappa shape index (κ1) is 15.2. The van der Waals surface area contributed by atoms with Gasteiger partial charge in [0.2, 0.25) is 11.0 Å². The average Bonchev–Trinajstić information content (AvgIpc) is 2.88. The van der Waals surface area contributed by atoms with Gasteiger partial charge in [-0.1, -0.05) is 0 Å². The van der Waals surface area contributed by atoms with E-state index in [2.05, 4.69) is 15.0 Å². The summed E-state index contributed by atoms with van der Waals surface area (Å²) >= 11 is 6.03. The van der Waals surface area contributed by atoms with Gasteiger partial charge in [-0.3, -0.25) is 10.3 Å². The highest BCUT2D eigenvalue weighted by molar-refractivity contribution is 6.29. The molecule has 118 valence electrons. The third kappa shape index (κ3) is 2.69. The number of quaternary nitrogens is 1. The van der Waals surface area contributed by atoms with Crippen molar-refractivity contribution in [2.45, 2.75) is 0 Å². The molecule has 3 rings (SSSR count). The van der Waals surface area contributed by atoms with Crippen LogP contribution in [-0.2, 0) is 7.05 Å². The number of fused-ring (bicyclic) bond motifs is 1. The highest BCUT2D eigenvalue weighted by atomic mass is 35.5. The zero-order valence-corrected chi connectivity index (χ0v) is 13.2. The number of nitrogens with two attached hydrogens (primary N) is 1. The van der Waals surface area contributed by atoms with E-state index in [0.717, 1.165) is 6.21 Å². The van der Waals surface area contributed by atoms with Crippen LogP contribution in [-0.4, -0.2) is 34.1 Å². The van der Waals surface area contributed by atoms with E-state index in [1.54, 1.807) is 35.5 Å². The second-order valence-corrected chi connectivity index (χ2v) is 4.96. The normalized spacial score (nSPS) is 15.8. The largest absolute Gasteiger partial charge is 0.491 e. The van der Waals surface area contributed by atoms with Crippen molar-refractivity contribution in [2.24, 2.45) is 12.0 Å². The summed E-state index contributed by atoms with van der Waals surface area (Å²) in [6.07, 6.45) is 7.62. The molecule has 0 fully saturated rings. The fourth-order valence-electron chi connectivity index (χ4n) is 2.17. The molecule has 3 N–H and O–H groups in total. The maximum absolute atomic E-state index is 7.57. The van der Waals surface area contributed by atoms with Crippen LogP contribution in [0.2, 0.25) is 5.28 Å². The topological polar surface area (TPSA) is 102 Å². The predicted molar refractivity (Wildman–Crippen MR) is 86.1 cm³/mol. The van der Waals surface area contributed by atoms with E-state index in [9.17, 15) is 0 Å². The Morgan fingerprint density at radius 1 is 1.48 bits per heavy atom. The molecule has 0 aromatic carbocycles. The van der Waals surface area contributed by atoms with Crippen LogP contribution < -0.4 is 14.8 Å². The standard InChI is InChI=1S/C14H13ClN6O2/c1-21-11-12(22-2)10(7-19-13(11)20-14(21)15)23-9(5-16)8-6-17-3-4-18-8/h3-7,16,18H,1-2H3/p+1/b9-8+,16-5?. The Morgan fingerprint density at radius 2 is 2.30 bits per heavy atom. The van der Waals surface area contributed by atoms with Crippen LogP contribution in [0, 0.1) is 5.41 Å². The third-order valence-electron chi connectivity index (χ3n) is 3.27. The maximum Gasteiger partial charge on any atom is 0.207 e. The van der Waals surface area contributed by atoms with Gasteiger partial charge in [0.15, 0.2) is 22.8 Å². The number of methoxy groups -OCH3 is 1. The molecule has 1 aliphatic heterocycles. The molecule has 9 heteroatoms. The van der Waals surface area contributed by atoms with Gasteiger partial charge in [0.25, 0.3) is 0 Å². The lowest BCUT2D eigenvalue weighted by molar-refractivity contribution is -0.528. The van der Waals surface area contributed by atoms with E-state index in [1.165, 1.54) is 13.3 Å². The van der Waals surface area contributed by atoms with Crippen LogP contribution in [0.5, 0.6) is 11.5 Å². The monoisotopic (exact) mass is 333 g/mol. The quantitative estimate of drug-likeness (QED) is 0.643. The number of halogens is 1. The van der Waals surface area contributed by atoms with Crippen molar-refractivity contribution in [3.8, 4) is 11.5 Å². The highest BCUT2D eigenvalue weighted by Gasteiger charge is 2.20. The summed E-state index contributed by atoms with van der Waals surface area (Å²) in [6, 6.07) is 0. The first-order valence-electron chi connectivity index (χ1n) is 6.66. The van der Waals surface area contributed by atoms with Crippen molar-refractivity contribution in [1.29, 1.82) is 5.41 Å². The summed E-state index contributed by atoms with van der Waals surface area (Å²) in [4.78, 5) is 12.4. The Kier molecular flexibility index (Phi) is 4.09. The maximum atomic E-state index is 7.57. The van der Waals surface area contributed by atoms with Gasteiger partial charge in [0, 0.05) is 7.05 Å². The molecule has 3 heterocycles. The zero-order valence-electron chi connectivity index (χ0n) is 12.4. The van der Waals surface area contributed by atoms with Crippen LogP contribution in [0.3, 0.4) is 0 Å². The molecule has 23 heavy (non-hydrogen) atoms. The van der Waals surface area contributed by atoms with Gasteiger partial charge in [0.05, 0.1) is 31.9 Å². The third-order valence-corrected chi connectivity index (χ3v) is 3.60. The minimum Gasteiger partial charge on any atom is -0.491 e. The van der Waals surface area contributed by atoms with Gasteiger partial charge < -0.3 is 19.5 Å². The molecule has 0 unspecified atom stereocenters. The Balaban J connectivity index is 2.09. The molecule has 0 saturated carbocycles. The van der Waals surface area contributed by atoms with Crippen LogP contribution in [0.4, 0.5) is 0 Å². The number of aromatic nitrogens is 3. The van der Waals surface area contributed by atoms with Gasteiger partial charge in [-0.25, -0.2) is 4.98 Å². The fraction of sp³-hybridized carbons (Fsp3) is 0.143. The van der Waals surface area contributed by atoms with E-state index in [0.29, 0.717) is 39.4 Å². The average molecular weight is 334 g/mol. The van der Waals surface area contributed by atoms with E-state index < -0.39 is 0 Å². The number of aryl methyl sites for hydroxylation is 1. The smallest absolute Gasteiger partial charge is 0.207 e. The Bertz CT molecular complexity index is 868. The summed E-state index contributed by atoms with van der Waals surface area (Å²) < 4.78 is 12.9. The van der Waals surface area contributed by atoms with Gasteiger partial charge >= 0.3 is 0 Å². The number of nitrogens with one attached hydrogen (secondary N) is 1. The van der Waals surface area contributed by atoms with E-state index in [1.807, 2.05) is 0 Å². The lowest BCUT2D eigenvalue weighted by Gasteiger charge is -2.12. The molecule has 2 aromatic rings. The number of pyridine rings is 1. The lowest BCUT2D eigenvalue weighted by Crippen LogP contribution is -2.77. The second kappa shape index (κ2) is 6.19. The van der Waals surface area contributed by atoms with Crippen LogP contribution >= 0.6 is 11.6 Å². The van der Waals surface area contributed by atoms with Crippen molar-refractivity contribution in [3.63, 3.8) is 0 Å². The summed E-state index contributed by atoms with van der Waals surface area (Å²) in [5, 5.41) is 9.66. The van der Waals surface area contributed by atoms with Gasteiger partial charge in [0.1, 0.15) is 11.7 Å². The SMILES string of the molecule is COc1c(O/C(C=N)=C2\C=NC=C[NH2+]2)cnc2nc(Cl)n(C)c12. The minimum atomic E-state index is 0.298. The minimum absolute atomic E-state index is 0.298. The highest BCUT2D eigenvalue weighted by Crippen LogP contribution is 2.35. The van der Waals surface area contributed by atoms with Crippen LogP contribution in [0.15, 0.2) is 35.0 Å². The summed E-state index contributed by atoms with van der Waals surface area (Å²) in [7, 11) is 3.28. The molecule has 8 nitrogen and oxygen atoms in total. The van der Waals surface area contributed by atoms with Gasteiger partial charge in [-0.2, -0.15) is 4.98 Å². The number of nitrogens with zero attached hydrogens (tertiary/aromatic N) is 4. The van der Waals surface area contributed by atoms with E-state index >= 15 is 0 Å². The van der Waals surface area contributed by atoms with Crippen LogP contribution in [0.25, 0.3) is 11.2 Å². The van der Waals surface area contributed by atoms with E-state index in [4.69, 9.17) is 26.5 Å². The first-order valence-corrected chi connectivity index (χ1v) is 7.04. The molecule has 0 saturated heterocycles. The lowest BCUT2D eigenvalue weighted by atomic mass is 10.3. The molecule has 0 amide bonds. The van der Waals surface area contributed by atoms with Crippen molar-refractivity contribution < 1.29 is 14.8 Å². The molecular formula is C14H14ClN6O2+. The number of allylic oxidation sites excluding steroid dienone is 2. The number of hydrogen-bond donors (Lipinski definition) is 2. The molecule has 0 spiro atoms. The zero-order chi connectivity index (χ0) is 16.4.